The van der Waals surface area contributed by atoms with Crippen LogP contribution in [-0.2, 0) is 0 Å². The lowest BCUT2D eigenvalue weighted by molar-refractivity contribution is 0.615. The van der Waals surface area contributed by atoms with Gasteiger partial charge in [0.05, 0.1) is 4.99 Å². The molecular weight excluding hydrogens is 132 g/mol. The lowest BCUT2D eigenvalue weighted by Crippen LogP contribution is -2.33. The van der Waals surface area contributed by atoms with E-state index < -0.39 is 0 Å². The topological polar surface area (TPSA) is 52.0 Å². The van der Waals surface area contributed by atoms with Crippen molar-refractivity contribution in [2.24, 2.45) is 17.4 Å². The summed E-state index contributed by atoms with van der Waals surface area (Å²) in [6, 6.07) is 0.238. The van der Waals surface area contributed by atoms with Crippen LogP contribution >= 0.6 is 12.2 Å². The van der Waals surface area contributed by atoms with Crippen molar-refractivity contribution in [3.63, 3.8) is 0 Å². The molecule has 0 aromatic rings. The van der Waals surface area contributed by atoms with Crippen LogP contribution in [0, 0.1) is 5.92 Å². The van der Waals surface area contributed by atoms with E-state index in [9.17, 15) is 0 Å². The molecule has 3 heteroatoms. The normalized spacial score (nSPS) is 34.8. The Morgan fingerprint density at radius 3 is 2.33 bits per heavy atom. The zero-order valence-corrected chi connectivity index (χ0v) is 6.16. The van der Waals surface area contributed by atoms with Crippen molar-refractivity contribution in [3.05, 3.63) is 0 Å². The fraction of sp³-hybridized carbons (Fsp3) is 0.833. The molecule has 2 atom stereocenters. The lowest BCUT2D eigenvalue weighted by Gasteiger charge is -2.11. The number of thiocarbonyl (C=S) groups is 1. The van der Waals surface area contributed by atoms with Gasteiger partial charge in [-0.3, -0.25) is 0 Å². The molecule has 1 saturated carbocycles. The Morgan fingerprint density at radius 2 is 2.11 bits per heavy atom. The first-order valence-corrected chi connectivity index (χ1v) is 3.67. The van der Waals surface area contributed by atoms with Crippen molar-refractivity contribution in [3.8, 4) is 0 Å². The third-order valence-electron chi connectivity index (χ3n) is 1.93. The van der Waals surface area contributed by atoms with Gasteiger partial charge in [-0.1, -0.05) is 18.6 Å². The van der Waals surface area contributed by atoms with E-state index in [1.54, 1.807) is 0 Å². The van der Waals surface area contributed by atoms with Crippen molar-refractivity contribution in [1.29, 1.82) is 0 Å². The molecule has 2 nitrogen and oxygen atoms in total. The smallest absolute Gasteiger partial charge is 0.0774 e. The Kier molecular flexibility index (Phi) is 2.03. The van der Waals surface area contributed by atoms with Gasteiger partial charge in [0.2, 0.25) is 0 Å². The molecule has 0 aliphatic heterocycles. The largest absolute Gasteiger partial charge is 0.393 e. The van der Waals surface area contributed by atoms with E-state index in [-0.39, 0.29) is 6.04 Å². The molecule has 1 aliphatic rings. The quantitative estimate of drug-likeness (QED) is 0.524. The number of rotatable bonds is 1. The molecule has 0 saturated heterocycles. The fourth-order valence-electron chi connectivity index (χ4n) is 1.34. The van der Waals surface area contributed by atoms with E-state index in [1.165, 1.54) is 6.42 Å². The average Bonchev–Trinajstić information content (AvgIpc) is 2.13. The van der Waals surface area contributed by atoms with Gasteiger partial charge < -0.3 is 11.5 Å². The van der Waals surface area contributed by atoms with E-state index in [0.717, 1.165) is 12.8 Å². The van der Waals surface area contributed by atoms with Crippen molar-refractivity contribution >= 4 is 17.2 Å². The molecule has 0 aromatic carbocycles. The van der Waals surface area contributed by atoms with Crippen LogP contribution in [0.2, 0.25) is 0 Å². The van der Waals surface area contributed by atoms with Gasteiger partial charge in [0.1, 0.15) is 0 Å². The molecule has 0 aromatic heterocycles. The second-order valence-electron chi connectivity index (χ2n) is 2.60. The van der Waals surface area contributed by atoms with E-state index >= 15 is 0 Å². The van der Waals surface area contributed by atoms with E-state index in [1.807, 2.05) is 0 Å². The highest BCUT2D eigenvalue weighted by molar-refractivity contribution is 7.80. The zero-order chi connectivity index (χ0) is 6.85. The first kappa shape index (κ1) is 6.96. The van der Waals surface area contributed by atoms with Crippen LogP contribution in [0.1, 0.15) is 19.3 Å². The summed E-state index contributed by atoms with van der Waals surface area (Å²) < 4.78 is 0. The highest BCUT2D eigenvalue weighted by Crippen LogP contribution is 2.23. The summed E-state index contributed by atoms with van der Waals surface area (Å²) in [5, 5.41) is 0. The van der Waals surface area contributed by atoms with Crippen LogP contribution in [-0.4, -0.2) is 11.0 Å². The third-order valence-corrected chi connectivity index (χ3v) is 2.24. The molecule has 0 spiro atoms. The van der Waals surface area contributed by atoms with Crippen LogP contribution in [0.25, 0.3) is 0 Å². The summed E-state index contributed by atoms with van der Waals surface area (Å²) in [5.41, 5.74) is 11.2. The first-order chi connectivity index (χ1) is 4.22. The minimum Gasteiger partial charge on any atom is -0.393 e. The van der Waals surface area contributed by atoms with Crippen LogP contribution in [0.3, 0.4) is 0 Å². The second-order valence-corrected chi connectivity index (χ2v) is 3.08. The van der Waals surface area contributed by atoms with Crippen LogP contribution in [0.5, 0.6) is 0 Å². The number of nitrogens with two attached hydrogens (primary N) is 2. The maximum absolute atomic E-state index is 5.71. The molecule has 1 rings (SSSR count). The van der Waals surface area contributed by atoms with E-state index in [4.69, 9.17) is 23.7 Å². The zero-order valence-electron chi connectivity index (χ0n) is 5.34. The maximum atomic E-state index is 5.71. The Hall–Kier alpha value is -0.150. The predicted octanol–water partition coefficient (Wildman–Crippen LogP) is 0.400. The summed E-state index contributed by atoms with van der Waals surface area (Å²) in [6.07, 6.45) is 3.36. The molecule has 0 heterocycles. The minimum absolute atomic E-state index is 0.238. The third kappa shape index (κ3) is 1.40. The summed E-state index contributed by atoms with van der Waals surface area (Å²) in [6.45, 7) is 0. The van der Waals surface area contributed by atoms with E-state index in [0.29, 0.717) is 10.9 Å². The standard InChI is InChI=1S/C6H12N2S/c7-5-3-1-2-4(5)6(8)9/h4-5H,1-3,7H2,(H2,8,9). The molecule has 4 N–H and O–H groups in total. The molecule has 9 heavy (non-hydrogen) atoms. The van der Waals surface area contributed by atoms with Gasteiger partial charge in [-0.25, -0.2) is 0 Å². The van der Waals surface area contributed by atoms with Gasteiger partial charge in [0.25, 0.3) is 0 Å². The van der Waals surface area contributed by atoms with Crippen molar-refractivity contribution < 1.29 is 0 Å². The van der Waals surface area contributed by atoms with Gasteiger partial charge in [0, 0.05) is 12.0 Å². The number of hydrogen-bond acceptors (Lipinski definition) is 2. The predicted molar refractivity (Wildman–Crippen MR) is 42.1 cm³/mol. The Labute approximate surface area is 60.6 Å². The van der Waals surface area contributed by atoms with Gasteiger partial charge in [-0.2, -0.15) is 0 Å². The van der Waals surface area contributed by atoms with Crippen LogP contribution in [0.4, 0.5) is 0 Å². The van der Waals surface area contributed by atoms with Gasteiger partial charge in [-0.05, 0) is 12.8 Å². The van der Waals surface area contributed by atoms with Crippen LogP contribution < -0.4 is 11.5 Å². The summed E-state index contributed by atoms with van der Waals surface area (Å²) in [5.74, 6) is 0.319. The fourth-order valence-corrected chi connectivity index (χ4v) is 1.63. The Bertz CT molecular complexity index is 124. The minimum atomic E-state index is 0.238. The Balaban J connectivity index is 2.49. The van der Waals surface area contributed by atoms with Gasteiger partial charge in [-0.15, -0.1) is 0 Å². The number of hydrogen-bond donors (Lipinski definition) is 2. The molecule has 0 bridgehead atoms. The van der Waals surface area contributed by atoms with Crippen LogP contribution in [0.15, 0.2) is 0 Å². The summed E-state index contributed by atoms with van der Waals surface area (Å²) in [7, 11) is 0. The Morgan fingerprint density at radius 1 is 1.44 bits per heavy atom. The van der Waals surface area contributed by atoms with Gasteiger partial charge >= 0.3 is 0 Å². The van der Waals surface area contributed by atoms with Crippen molar-refractivity contribution in [2.45, 2.75) is 25.3 Å². The SMILES string of the molecule is NC(=S)C1CCCC1N. The molecule has 1 fully saturated rings. The summed E-state index contributed by atoms with van der Waals surface area (Å²) in [4.78, 5) is 0.597. The maximum Gasteiger partial charge on any atom is 0.0774 e. The van der Waals surface area contributed by atoms with Gasteiger partial charge in [0.15, 0.2) is 0 Å². The highest BCUT2D eigenvalue weighted by Gasteiger charge is 2.25. The lowest BCUT2D eigenvalue weighted by atomic mass is 10.1. The monoisotopic (exact) mass is 144 g/mol. The van der Waals surface area contributed by atoms with Crippen molar-refractivity contribution in [2.75, 3.05) is 0 Å². The molecule has 2 unspecified atom stereocenters. The molecule has 52 valence electrons. The second kappa shape index (κ2) is 2.62. The highest BCUT2D eigenvalue weighted by atomic mass is 32.1. The van der Waals surface area contributed by atoms with Crippen molar-refractivity contribution in [1.82, 2.24) is 0 Å². The summed E-state index contributed by atoms with van der Waals surface area (Å²) >= 11 is 4.83. The van der Waals surface area contributed by atoms with E-state index in [2.05, 4.69) is 0 Å². The molecule has 1 aliphatic carbocycles. The molecular formula is C6H12N2S. The average molecular weight is 144 g/mol. The molecule has 0 amide bonds. The first-order valence-electron chi connectivity index (χ1n) is 3.26. The molecule has 0 radical (unpaired) electrons.